The van der Waals surface area contributed by atoms with Crippen LogP contribution in [0.15, 0.2) is 17.5 Å². The van der Waals surface area contributed by atoms with E-state index < -0.39 is 0 Å². The van der Waals surface area contributed by atoms with Crippen molar-refractivity contribution in [2.24, 2.45) is 17.8 Å². The zero-order valence-electron chi connectivity index (χ0n) is 14.3. The maximum absolute atomic E-state index is 3.58. The predicted molar refractivity (Wildman–Crippen MR) is 94.0 cm³/mol. The van der Waals surface area contributed by atoms with Gasteiger partial charge in [-0.05, 0) is 69.5 Å². The third kappa shape index (κ3) is 4.54. The summed E-state index contributed by atoms with van der Waals surface area (Å²) in [7, 11) is 4.44. The fourth-order valence-electron chi connectivity index (χ4n) is 3.94. The number of likely N-dealkylation sites (N-methyl/N-ethyl adjacent to an activating group) is 1. The lowest BCUT2D eigenvalue weighted by Gasteiger charge is -2.42. The van der Waals surface area contributed by atoms with Crippen molar-refractivity contribution in [3.63, 3.8) is 0 Å². The van der Waals surface area contributed by atoms with Gasteiger partial charge < -0.3 is 10.2 Å². The molecule has 1 aromatic rings. The zero-order chi connectivity index (χ0) is 15.4. The average molecular weight is 309 g/mol. The van der Waals surface area contributed by atoms with E-state index in [9.17, 15) is 0 Å². The van der Waals surface area contributed by atoms with E-state index in [1.165, 1.54) is 30.7 Å². The van der Waals surface area contributed by atoms with E-state index in [0.29, 0.717) is 12.1 Å². The number of hydrogen-bond donors (Lipinski definition) is 1. The molecule has 0 radical (unpaired) electrons. The van der Waals surface area contributed by atoms with Crippen molar-refractivity contribution >= 4 is 11.3 Å². The van der Waals surface area contributed by atoms with Gasteiger partial charge in [-0.2, -0.15) is 0 Å². The van der Waals surface area contributed by atoms with Crippen molar-refractivity contribution < 1.29 is 0 Å². The molecule has 120 valence electrons. The summed E-state index contributed by atoms with van der Waals surface area (Å²) < 4.78 is 0. The third-order valence-electron chi connectivity index (χ3n) is 5.38. The minimum absolute atomic E-state index is 0.618. The van der Waals surface area contributed by atoms with Crippen molar-refractivity contribution in [3.8, 4) is 0 Å². The second-order valence-corrected chi connectivity index (χ2v) is 8.22. The van der Waals surface area contributed by atoms with Crippen LogP contribution in [0.1, 0.15) is 38.5 Å². The Morgan fingerprint density at radius 1 is 1.38 bits per heavy atom. The molecule has 1 aromatic heterocycles. The number of hydrogen-bond acceptors (Lipinski definition) is 3. The van der Waals surface area contributed by atoms with Crippen LogP contribution in [0.3, 0.4) is 0 Å². The van der Waals surface area contributed by atoms with Crippen LogP contribution in [0.25, 0.3) is 0 Å². The molecule has 0 amide bonds. The molecule has 0 spiro atoms. The highest BCUT2D eigenvalue weighted by Crippen LogP contribution is 2.34. The topological polar surface area (TPSA) is 15.3 Å². The van der Waals surface area contributed by atoms with E-state index in [2.05, 4.69) is 62.6 Å². The Bertz CT molecular complexity index is 403. The molecule has 0 aliphatic heterocycles. The smallest absolute Gasteiger partial charge is 0.0112 e. The van der Waals surface area contributed by atoms with Crippen molar-refractivity contribution in [2.45, 2.75) is 52.1 Å². The maximum Gasteiger partial charge on any atom is 0.0112 e. The summed E-state index contributed by atoms with van der Waals surface area (Å²) >= 11 is 1.88. The van der Waals surface area contributed by atoms with Gasteiger partial charge in [0.25, 0.3) is 0 Å². The van der Waals surface area contributed by atoms with Gasteiger partial charge in [0.05, 0.1) is 0 Å². The van der Waals surface area contributed by atoms with Crippen LogP contribution in [0.5, 0.6) is 0 Å². The molecular weight excluding hydrogens is 276 g/mol. The summed E-state index contributed by atoms with van der Waals surface area (Å²) in [6.07, 6.45) is 3.89. The zero-order valence-corrected chi connectivity index (χ0v) is 15.1. The molecule has 1 saturated carbocycles. The molecule has 1 aliphatic carbocycles. The Morgan fingerprint density at radius 2 is 2.14 bits per heavy atom. The van der Waals surface area contributed by atoms with Gasteiger partial charge in [-0.15, -0.1) is 11.3 Å². The van der Waals surface area contributed by atoms with Crippen molar-refractivity contribution in [3.05, 3.63) is 22.4 Å². The lowest BCUT2D eigenvalue weighted by atomic mass is 9.72. The van der Waals surface area contributed by atoms with Crippen molar-refractivity contribution in [2.75, 3.05) is 20.6 Å². The van der Waals surface area contributed by atoms with E-state index in [1.54, 1.807) is 0 Å². The normalized spacial score (nSPS) is 31.5. The van der Waals surface area contributed by atoms with Gasteiger partial charge in [-0.1, -0.05) is 19.9 Å². The minimum atomic E-state index is 0.618. The van der Waals surface area contributed by atoms with Gasteiger partial charge in [0.2, 0.25) is 0 Å². The fraction of sp³-hybridized carbons (Fsp3) is 0.778. The molecular formula is C18H32N2S. The number of thiophene rings is 1. The monoisotopic (exact) mass is 308 g/mol. The van der Waals surface area contributed by atoms with Crippen LogP contribution in [0, 0.1) is 17.8 Å². The molecule has 2 rings (SSSR count). The van der Waals surface area contributed by atoms with Crippen LogP contribution in [-0.4, -0.2) is 37.6 Å². The van der Waals surface area contributed by atoms with Crippen LogP contribution < -0.4 is 5.32 Å². The Kier molecular flexibility index (Phi) is 6.27. The summed E-state index contributed by atoms with van der Waals surface area (Å²) in [6, 6.07) is 5.72. The molecule has 1 heterocycles. The fourth-order valence-corrected chi connectivity index (χ4v) is 4.76. The number of rotatable bonds is 6. The summed E-state index contributed by atoms with van der Waals surface area (Å²) in [5.41, 5.74) is 0. The Morgan fingerprint density at radius 3 is 2.76 bits per heavy atom. The Balaban J connectivity index is 1.91. The molecule has 3 heteroatoms. The minimum Gasteiger partial charge on any atom is -0.317 e. The van der Waals surface area contributed by atoms with Gasteiger partial charge >= 0.3 is 0 Å². The highest BCUT2D eigenvalue weighted by atomic mass is 32.1. The van der Waals surface area contributed by atoms with E-state index in [1.807, 2.05) is 11.3 Å². The first-order valence-electron chi connectivity index (χ1n) is 8.41. The number of nitrogens with zero attached hydrogens (tertiary/aromatic N) is 1. The van der Waals surface area contributed by atoms with Gasteiger partial charge in [0.1, 0.15) is 0 Å². The van der Waals surface area contributed by atoms with E-state index in [0.717, 1.165) is 17.8 Å². The predicted octanol–water partition coefficient (Wildman–Crippen LogP) is 3.88. The Labute approximate surface area is 134 Å². The maximum atomic E-state index is 3.58. The first-order chi connectivity index (χ1) is 10.0. The molecule has 0 aromatic carbocycles. The molecule has 1 N–H and O–H groups in total. The Hall–Kier alpha value is -0.380. The molecule has 1 fully saturated rings. The molecule has 5 unspecified atom stereocenters. The SMILES string of the molecule is CNC1CC(C)CC(C)C1CN(C)C(C)Cc1cccs1. The quantitative estimate of drug-likeness (QED) is 0.858. The summed E-state index contributed by atoms with van der Waals surface area (Å²) in [6.45, 7) is 8.43. The second-order valence-electron chi connectivity index (χ2n) is 7.18. The molecule has 0 saturated heterocycles. The number of nitrogens with one attached hydrogen (secondary N) is 1. The molecule has 1 aliphatic rings. The van der Waals surface area contributed by atoms with Gasteiger partial charge in [-0.3, -0.25) is 0 Å². The lowest BCUT2D eigenvalue weighted by Crippen LogP contribution is -2.48. The highest BCUT2D eigenvalue weighted by Gasteiger charge is 2.34. The molecule has 21 heavy (non-hydrogen) atoms. The standard InChI is InChI=1S/C18H32N2S/c1-13-9-14(2)17(18(10-13)19-4)12-20(5)15(3)11-16-7-6-8-21-16/h6-8,13-15,17-19H,9-12H2,1-5H3. The first kappa shape index (κ1) is 17.0. The third-order valence-corrected chi connectivity index (χ3v) is 6.28. The van der Waals surface area contributed by atoms with E-state index in [-0.39, 0.29) is 0 Å². The van der Waals surface area contributed by atoms with Gasteiger partial charge in [0.15, 0.2) is 0 Å². The van der Waals surface area contributed by atoms with Crippen LogP contribution in [-0.2, 0) is 6.42 Å². The lowest BCUT2D eigenvalue weighted by molar-refractivity contribution is 0.101. The van der Waals surface area contributed by atoms with Gasteiger partial charge in [0, 0.05) is 23.5 Å². The second kappa shape index (κ2) is 7.75. The summed E-state index contributed by atoms with van der Waals surface area (Å²) in [5.74, 6) is 2.46. The molecule has 5 atom stereocenters. The van der Waals surface area contributed by atoms with Crippen LogP contribution in [0.4, 0.5) is 0 Å². The van der Waals surface area contributed by atoms with Crippen LogP contribution in [0.2, 0.25) is 0 Å². The summed E-state index contributed by atoms with van der Waals surface area (Å²) in [4.78, 5) is 4.08. The molecule has 2 nitrogen and oxygen atoms in total. The van der Waals surface area contributed by atoms with E-state index >= 15 is 0 Å². The van der Waals surface area contributed by atoms with Crippen molar-refractivity contribution in [1.82, 2.24) is 10.2 Å². The van der Waals surface area contributed by atoms with Crippen molar-refractivity contribution in [1.29, 1.82) is 0 Å². The summed E-state index contributed by atoms with van der Waals surface area (Å²) in [5, 5.41) is 5.76. The van der Waals surface area contributed by atoms with Gasteiger partial charge in [-0.25, -0.2) is 0 Å². The van der Waals surface area contributed by atoms with E-state index in [4.69, 9.17) is 0 Å². The first-order valence-corrected chi connectivity index (χ1v) is 9.29. The molecule has 0 bridgehead atoms. The highest BCUT2D eigenvalue weighted by molar-refractivity contribution is 7.09. The average Bonchev–Trinajstić information content (AvgIpc) is 2.94. The largest absolute Gasteiger partial charge is 0.317 e. The van der Waals surface area contributed by atoms with Crippen LogP contribution >= 0.6 is 11.3 Å².